The monoisotopic (exact) mass is 387 g/mol. The molecule has 1 saturated carbocycles. The number of ketones is 1. The smallest absolute Gasteiger partial charge is 0.262 e. The second-order valence-corrected chi connectivity index (χ2v) is 9.84. The lowest BCUT2D eigenvalue weighted by Crippen LogP contribution is -2.31. The van der Waals surface area contributed by atoms with E-state index in [0.717, 1.165) is 24.0 Å². The van der Waals surface area contributed by atoms with Crippen molar-refractivity contribution in [1.29, 1.82) is 0 Å². The number of hydrogen-bond acceptors (Lipinski definition) is 4. The molecular weight excluding hydrogens is 362 g/mol. The lowest BCUT2D eigenvalue weighted by Gasteiger charge is -2.19. The molecule has 3 atom stereocenters. The molecule has 4 rings (SSSR count). The molecule has 6 nitrogen and oxygen atoms in total. The van der Waals surface area contributed by atoms with E-state index in [-0.39, 0.29) is 22.6 Å². The van der Waals surface area contributed by atoms with Crippen LogP contribution in [0.3, 0.4) is 0 Å². The first-order chi connectivity index (χ1) is 12.8. The first-order valence-electron chi connectivity index (χ1n) is 9.42. The molecule has 2 heterocycles. The Hall–Kier alpha value is -1.99. The highest BCUT2D eigenvalue weighted by Gasteiger charge is 2.47. The molecule has 1 aromatic heterocycles. The number of fused-ring (bicyclic) bond motifs is 1. The molecule has 27 heavy (non-hydrogen) atoms. The highest BCUT2D eigenvalue weighted by atomic mass is 32.2. The van der Waals surface area contributed by atoms with Crippen LogP contribution in [0.25, 0.3) is 0 Å². The molecule has 1 saturated heterocycles. The van der Waals surface area contributed by atoms with Crippen molar-refractivity contribution in [2.75, 3.05) is 13.1 Å². The Bertz CT molecular complexity index is 949. The van der Waals surface area contributed by atoms with Crippen molar-refractivity contribution in [3.63, 3.8) is 0 Å². The molecule has 0 radical (unpaired) electrons. The van der Waals surface area contributed by atoms with E-state index in [1.165, 1.54) is 6.33 Å². The molecule has 1 aliphatic heterocycles. The maximum atomic E-state index is 12.8. The standard InChI is InChI=1S/C20H25N3O3S/c1-14-3-5-15(6-4-14)19(24)9-16-7-8-17-10-23(11-18(16)17)27(25,26)20-12-22(2)13-21-20/h3-6,12-13,16-18H,7-11H2,1-2H3. The van der Waals surface area contributed by atoms with Gasteiger partial charge in [-0.05, 0) is 37.5 Å². The van der Waals surface area contributed by atoms with Crippen LogP contribution in [0.4, 0.5) is 0 Å². The molecule has 0 bridgehead atoms. The zero-order valence-corrected chi connectivity index (χ0v) is 16.5. The third kappa shape index (κ3) is 3.46. The van der Waals surface area contributed by atoms with Gasteiger partial charge in [-0.25, -0.2) is 13.4 Å². The number of carbonyl (C=O) groups excluding carboxylic acids is 1. The van der Waals surface area contributed by atoms with Crippen LogP contribution in [0.2, 0.25) is 0 Å². The molecule has 0 spiro atoms. The van der Waals surface area contributed by atoms with Crippen molar-refractivity contribution in [3.8, 4) is 0 Å². The molecule has 1 aliphatic carbocycles. The highest BCUT2D eigenvalue weighted by Crippen LogP contribution is 2.45. The molecule has 144 valence electrons. The van der Waals surface area contributed by atoms with Gasteiger partial charge in [0, 0.05) is 38.3 Å². The summed E-state index contributed by atoms with van der Waals surface area (Å²) in [6, 6.07) is 7.69. The van der Waals surface area contributed by atoms with E-state index in [1.54, 1.807) is 22.1 Å². The summed E-state index contributed by atoms with van der Waals surface area (Å²) >= 11 is 0. The number of benzene rings is 1. The quantitative estimate of drug-likeness (QED) is 0.740. The van der Waals surface area contributed by atoms with Crippen LogP contribution >= 0.6 is 0 Å². The van der Waals surface area contributed by atoms with Gasteiger partial charge < -0.3 is 4.57 Å². The predicted octanol–water partition coefficient (Wildman–Crippen LogP) is 2.65. The number of rotatable bonds is 5. The SMILES string of the molecule is Cc1ccc(C(=O)CC2CCC3CN(S(=O)(=O)c4cn(C)cn4)CC23)cc1. The molecule has 0 amide bonds. The van der Waals surface area contributed by atoms with Gasteiger partial charge in [0.15, 0.2) is 10.8 Å². The van der Waals surface area contributed by atoms with Crippen molar-refractivity contribution in [3.05, 3.63) is 47.9 Å². The maximum Gasteiger partial charge on any atom is 0.262 e. The lowest BCUT2D eigenvalue weighted by molar-refractivity contribution is 0.0950. The third-order valence-electron chi connectivity index (χ3n) is 6.08. The van der Waals surface area contributed by atoms with E-state index in [9.17, 15) is 13.2 Å². The maximum absolute atomic E-state index is 12.8. The van der Waals surface area contributed by atoms with E-state index in [2.05, 4.69) is 4.98 Å². The molecule has 2 aromatic rings. The summed E-state index contributed by atoms with van der Waals surface area (Å²) in [5, 5.41) is 0.109. The Balaban J connectivity index is 1.45. The first-order valence-corrected chi connectivity index (χ1v) is 10.9. The average molecular weight is 388 g/mol. The van der Waals surface area contributed by atoms with E-state index in [1.807, 2.05) is 31.2 Å². The lowest BCUT2D eigenvalue weighted by atomic mass is 9.87. The number of carbonyl (C=O) groups is 1. The van der Waals surface area contributed by atoms with Crippen LogP contribution in [0, 0.1) is 24.7 Å². The third-order valence-corrected chi connectivity index (χ3v) is 7.80. The van der Waals surface area contributed by atoms with Crippen LogP contribution in [0.15, 0.2) is 41.8 Å². The van der Waals surface area contributed by atoms with Crippen molar-refractivity contribution < 1.29 is 13.2 Å². The van der Waals surface area contributed by atoms with Gasteiger partial charge in [-0.2, -0.15) is 4.31 Å². The second-order valence-electron chi connectivity index (χ2n) is 7.95. The normalized spacial score (nSPS) is 25.6. The molecule has 3 unspecified atom stereocenters. The van der Waals surface area contributed by atoms with Crippen LogP contribution in [0.1, 0.15) is 35.2 Å². The number of aryl methyl sites for hydroxylation is 2. The summed E-state index contributed by atoms with van der Waals surface area (Å²) < 4.78 is 28.9. The molecule has 2 aliphatic rings. The van der Waals surface area contributed by atoms with Gasteiger partial charge in [0.25, 0.3) is 10.0 Å². The van der Waals surface area contributed by atoms with Gasteiger partial charge in [-0.1, -0.05) is 29.8 Å². The molecule has 7 heteroatoms. The summed E-state index contributed by atoms with van der Waals surface area (Å²) in [7, 11) is -1.79. The van der Waals surface area contributed by atoms with Gasteiger partial charge in [0.2, 0.25) is 0 Å². The van der Waals surface area contributed by atoms with Crippen LogP contribution < -0.4 is 0 Å². The van der Waals surface area contributed by atoms with Crippen molar-refractivity contribution >= 4 is 15.8 Å². The summed E-state index contributed by atoms with van der Waals surface area (Å²) in [6.07, 6.45) is 5.55. The highest BCUT2D eigenvalue weighted by molar-refractivity contribution is 7.89. The van der Waals surface area contributed by atoms with Crippen molar-refractivity contribution in [2.24, 2.45) is 24.8 Å². The van der Waals surface area contributed by atoms with Gasteiger partial charge in [-0.3, -0.25) is 4.79 Å². The Kier molecular flexibility index (Phi) is 4.68. The van der Waals surface area contributed by atoms with Crippen molar-refractivity contribution in [2.45, 2.75) is 31.2 Å². The van der Waals surface area contributed by atoms with E-state index in [4.69, 9.17) is 0 Å². The Morgan fingerprint density at radius 2 is 1.93 bits per heavy atom. The Morgan fingerprint density at radius 1 is 1.19 bits per heavy atom. The summed E-state index contributed by atoms with van der Waals surface area (Å²) in [6.45, 7) is 3.04. The van der Waals surface area contributed by atoms with Crippen molar-refractivity contribution in [1.82, 2.24) is 13.9 Å². The molecular formula is C20H25N3O3S. The minimum atomic E-state index is -3.55. The number of nitrogens with zero attached hydrogens (tertiary/aromatic N) is 3. The molecule has 0 N–H and O–H groups in total. The number of sulfonamides is 1. The minimum absolute atomic E-state index is 0.109. The number of Topliss-reactive ketones (excluding diaryl/α,β-unsaturated/α-hetero) is 1. The summed E-state index contributed by atoms with van der Waals surface area (Å²) in [5.41, 5.74) is 1.89. The molecule has 1 aromatic carbocycles. The average Bonchev–Trinajstić information content (AvgIpc) is 3.33. The van der Waals surface area contributed by atoms with Crippen LogP contribution in [-0.2, 0) is 17.1 Å². The zero-order chi connectivity index (χ0) is 19.2. The van der Waals surface area contributed by atoms with Gasteiger partial charge >= 0.3 is 0 Å². The number of aromatic nitrogens is 2. The van der Waals surface area contributed by atoms with E-state index in [0.29, 0.717) is 25.4 Å². The van der Waals surface area contributed by atoms with Gasteiger partial charge in [0.05, 0.1) is 6.33 Å². The van der Waals surface area contributed by atoms with E-state index < -0.39 is 10.0 Å². The molecule has 2 fully saturated rings. The Labute approximate surface area is 160 Å². The van der Waals surface area contributed by atoms with Gasteiger partial charge in [0.1, 0.15) is 0 Å². The topological polar surface area (TPSA) is 72.3 Å². The fourth-order valence-corrected chi connectivity index (χ4v) is 6.04. The first kappa shape index (κ1) is 18.4. The summed E-state index contributed by atoms with van der Waals surface area (Å²) in [5.74, 6) is 1.02. The number of hydrogen-bond donors (Lipinski definition) is 0. The zero-order valence-electron chi connectivity index (χ0n) is 15.7. The second kappa shape index (κ2) is 6.87. The van der Waals surface area contributed by atoms with E-state index >= 15 is 0 Å². The fraction of sp³-hybridized carbons (Fsp3) is 0.500. The summed E-state index contributed by atoms with van der Waals surface area (Å²) in [4.78, 5) is 16.7. The van der Waals surface area contributed by atoms with Crippen LogP contribution in [-0.4, -0.2) is 41.1 Å². The predicted molar refractivity (Wildman–Crippen MR) is 102 cm³/mol. The fourth-order valence-electron chi connectivity index (χ4n) is 4.54. The number of imidazole rings is 1. The van der Waals surface area contributed by atoms with Gasteiger partial charge in [-0.15, -0.1) is 0 Å². The minimum Gasteiger partial charge on any atom is -0.339 e. The van der Waals surface area contributed by atoms with Crippen LogP contribution in [0.5, 0.6) is 0 Å². The largest absolute Gasteiger partial charge is 0.339 e. The Morgan fingerprint density at radius 3 is 2.59 bits per heavy atom.